The maximum atomic E-state index is 13.5. The van der Waals surface area contributed by atoms with E-state index in [2.05, 4.69) is 5.32 Å². The highest BCUT2D eigenvalue weighted by molar-refractivity contribution is 7.92. The standard InChI is InChI=1S/C25H35N3O6S/c1-6-7-15-26-25(30)19(2)27(17-20-9-8-10-23(16-20)34-4)24(29)18-28(35(5,31)32)21-11-13-22(33-3)14-12-21/h8-14,16,19H,6-7,15,17-18H2,1-5H3,(H,26,30). The Hall–Kier alpha value is -3.27. The van der Waals surface area contributed by atoms with Gasteiger partial charge in [-0.25, -0.2) is 8.42 Å². The van der Waals surface area contributed by atoms with Crippen molar-refractivity contribution in [2.24, 2.45) is 0 Å². The van der Waals surface area contributed by atoms with Gasteiger partial charge in [0.15, 0.2) is 0 Å². The molecule has 0 aromatic heterocycles. The molecule has 1 atom stereocenters. The van der Waals surface area contributed by atoms with Crippen LogP contribution in [0.2, 0.25) is 0 Å². The van der Waals surface area contributed by atoms with Crippen molar-refractivity contribution in [1.29, 1.82) is 0 Å². The molecule has 0 radical (unpaired) electrons. The number of methoxy groups -OCH3 is 2. The van der Waals surface area contributed by atoms with Crippen LogP contribution in [0.5, 0.6) is 11.5 Å². The molecule has 1 N–H and O–H groups in total. The van der Waals surface area contributed by atoms with Gasteiger partial charge in [0, 0.05) is 13.1 Å². The third-order valence-corrected chi connectivity index (χ3v) is 6.66. The average molecular weight is 506 g/mol. The van der Waals surface area contributed by atoms with Crippen LogP contribution in [0.4, 0.5) is 5.69 Å². The zero-order valence-electron chi connectivity index (χ0n) is 21.0. The highest BCUT2D eigenvalue weighted by Crippen LogP contribution is 2.22. The molecule has 0 aliphatic rings. The molecule has 0 saturated carbocycles. The van der Waals surface area contributed by atoms with Crippen LogP contribution in [0.1, 0.15) is 32.3 Å². The summed E-state index contributed by atoms with van der Waals surface area (Å²) >= 11 is 0. The lowest BCUT2D eigenvalue weighted by molar-refractivity contribution is -0.139. The van der Waals surface area contributed by atoms with Gasteiger partial charge in [0.2, 0.25) is 21.8 Å². The number of benzene rings is 2. The van der Waals surface area contributed by atoms with Gasteiger partial charge in [0.1, 0.15) is 24.1 Å². The second kappa shape index (κ2) is 13.0. The van der Waals surface area contributed by atoms with Gasteiger partial charge in [0.05, 0.1) is 26.2 Å². The first-order valence-corrected chi connectivity index (χ1v) is 13.3. The Balaban J connectivity index is 2.35. The maximum absolute atomic E-state index is 13.5. The zero-order chi connectivity index (χ0) is 26.0. The Labute approximate surface area is 208 Å². The number of sulfonamides is 1. The number of hydrogen-bond acceptors (Lipinski definition) is 6. The van der Waals surface area contributed by atoms with E-state index >= 15 is 0 Å². The summed E-state index contributed by atoms with van der Waals surface area (Å²) in [6, 6.07) is 12.7. The lowest BCUT2D eigenvalue weighted by atomic mass is 10.1. The second-order valence-corrected chi connectivity index (χ2v) is 10.1. The van der Waals surface area contributed by atoms with E-state index in [9.17, 15) is 18.0 Å². The summed E-state index contributed by atoms with van der Waals surface area (Å²) in [7, 11) is -0.732. The highest BCUT2D eigenvalue weighted by Gasteiger charge is 2.30. The minimum Gasteiger partial charge on any atom is -0.497 e. The van der Waals surface area contributed by atoms with Gasteiger partial charge < -0.3 is 19.7 Å². The van der Waals surface area contributed by atoms with Crippen molar-refractivity contribution in [3.05, 3.63) is 54.1 Å². The Morgan fingerprint density at radius 2 is 1.69 bits per heavy atom. The Kier molecular flexibility index (Phi) is 10.4. The molecule has 192 valence electrons. The van der Waals surface area contributed by atoms with Gasteiger partial charge in [0.25, 0.3) is 0 Å². The molecule has 10 heteroatoms. The molecular formula is C25H35N3O6S. The number of hydrogen-bond donors (Lipinski definition) is 1. The summed E-state index contributed by atoms with van der Waals surface area (Å²) in [5.41, 5.74) is 1.07. The largest absolute Gasteiger partial charge is 0.497 e. The van der Waals surface area contributed by atoms with Crippen LogP contribution in [0.3, 0.4) is 0 Å². The first-order valence-electron chi connectivity index (χ1n) is 11.4. The van der Waals surface area contributed by atoms with Crippen molar-refractivity contribution >= 4 is 27.5 Å². The molecule has 0 saturated heterocycles. The number of anilines is 1. The van der Waals surface area contributed by atoms with E-state index < -0.39 is 28.5 Å². The molecule has 35 heavy (non-hydrogen) atoms. The summed E-state index contributed by atoms with van der Waals surface area (Å²) in [6.45, 7) is 3.81. The smallest absolute Gasteiger partial charge is 0.244 e. The molecule has 2 amide bonds. The number of amides is 2. The van der Waals surface area contributed by atoms with Crippen molar-refractivity contribution in [2.75, 3.05) is 37.9 Å². The third-order valence-electron chi connectivity index (χ3n) is 5.52. The van der Waals surface area contributed by atoms with E-state index in [0.29, 0.717) is 23.7 Å². The molecule has 0 fully saturated rings. The van der Waals surface area contributed by atoms with Crippen molar-refractivity contribution in [3.8, 4) is 11.5 Å². The predicted molar refractivity (Wildman–Crippen MR) is 136 cm³/mol. The van der Waals surface area contributed by atoms with Crippen molar-refractivity contribution in [1.82, 2.24) is 10.2 Å². The van der Waals surface area contributed by atoms with E-state index in [-0.39, 0.29) is 12.5 Å². The molecule has 0 heterocycles. The number of unbranched alkanes of at least 4 members (excludes halogenated alkanes) is 1. The molecule has 0 bridgehead atoms. The van der Waals surface area contributed by atoms with Crippen LogP contribution in [-0.2, 0) is 26.2 Å². The minimum absolute atomic E-state index is 0.110. The quantitative estimate of drug-likeness (QED) is 0.420. The molecule has 0 spiro atoms. The lowest BCUT2D eigenvalue weighted by Gasteiger charge is -2.31. The van der Waals surface area contributed by atoms with Gasteiger partial charge in [-0.3, -0.25) is 13.9 Å². The summed E-state index contributed by atoms with van der Waals surface area (Å²) in [4.78, 5) is 27.7. The first-order chi connectivity index (χ1) is 16.6. The molecule has 1 unspecified atom stereocenters. The van der Waals surface area contributed by atoms with Gasteiger partial charge in [-0.1, -0.05) is 25.5 Å². The SMILES string of the molecule is CCCCNC(=O)C(C)N(Cc1cccc(OC)c1)C(=O)CN(c1ccc(OC)cc1)S(C)(=O)=O. The van der Waals surface area contributed by atoms with E-state index in [4.69, 9.17) is 9.47 Å². The maximum Gasteiger partial charge on any atom is 0.244 e. The second-order valence-electron chi connectivity index (χ2n) is 8.16. The van der Waals surface area contributed by atoms with E-state index in [0.717, 1.165) is 29.0 Å². The minimum atomic E-state index is -3.79. The van der Waals surface area contributed by atoms with Gasteiger partial charge in [-0.05, 0) is 55.3 Å². The average Bonchev–Trinajstić information content (AvgIpc) is 2.84. The summed E-state index contributed by atoms with van der Waals surface area (Å²) < 4.78 is 36.6. The van der Waals surface area contributed by atoms with Crippen LogP contribution < -0.4 is 19.1 Å². The van der Waals surface area contributed by atoms with Gasteiger partial charge >= 0.3 is 0 Å². The number of ether oxygens (including phenoxy) is 2. The normalized spacial score (nSPS) is 11.9. The molecule has 2 aromatic rings. The predicted octanol–water partition coefficient (Wildman–Crippen LogP) is 2.80. The van der Waals surface area contributed by atoms with Crippen molar-refractivity contribution in [3.63, 3.8) is 0 Å². The van der Waals surface area contributed by atoms with E-state index in [1.807, 2.05) is 13.0 Å². The molecule has 2 aromatic carbocycles. The fourth-order valence-corrected chi connectivity index (χ4v) is 4.30. The lowest BCUT2D eigenvalue weighted by Crippen LogP contribution is -2.51. The van der Waals surface area contributed by atoms with Gasteiger partial charge in [-0.2, -0.15) is 0 Å². The molecule has 2 rings (SSSR count). The third kappa shape index (κ3) is 8.17. The highest BCUT2D eigenvalue weighted by atomic mass is 32.2. The van der Waals surface area contributed by atoms with Crippen molar-refractivity contribution < 1.29 is 27.5 Å². The first kappa shape index (κ1) is 28.0. The Morgan fingerprint density at radius 1 is 1.03 bits per heavy atom. The number of nitrogens with one attached hydrogen (secondary N) is 1. The van der Waals surface area contributed by atoms with E-state index in [1.165, 1.54) is 12.0 Å². The number of rotatable bonds is 13. The number of carbonyl (C=O) groups is 2. The van der Waals surface area contributed by atoms with Crippen LogP contribution >= 0.6 is 0 Å². The number of carbonyl (C=O) groups excluding carboxylic acids is 2. The fourth-order valence-electron chi connectivity index (χ4n) is 3.45. The van der Waals surface area contributed by atoms with Crippen LogP contribution in [0.15, 0.2) is 48.5 Å². The van der Waals surface area contributed by atoms with E-state index in [1.54, 1.807) is 56.5 Å². The zero-order valence-corrected chi connectivity index (χ0v) is 21.8. The summed E-state index contributed by atoms with van der Waals surface area (Å²) in [5, 5.41) is 2.85. The Morgan fingerprint density at radius 3 is 2.26 bits per heavy atom. The monoisotopic (exact) mass is 505 g/mol. The topological polar surface area (TPSA) is 105 Å². The molecular weight excluding hydrogens is 470 g/mol. The Bertz CT molecular complexity index is 1090. The molecule has 0 aliphatic carbocycles. The van der Waals surface area contributed by atoms with Crippen LogP contribution in [0.25, 0.3) is 0 Å². The van der Waals surface area contributed by atoms with Crippen LogP contribution in [-0.4, -0.2) is 64.7 Å². The van der Waals surface area contributed by atoms with Crippen molar-refractivity contribution in [2.45, 2.75) is 39.3 Å². The number of nitrogens with zero attached hydrogens (tertiary/aromatic N) is 2. The van der Waals surface area contributed by atoms with Gasteiger partial charge in [-0.15, -0.1) is 0 Å². The summed E-state index contributed by atoms with van der Waals surface area (Å²) in [5.74, 6) is 0.369. The summed E-state index contributed by atoms with van der Waals surface area (Å²) in [6.07, 6.45) is 2.78. The molecule has 9 nitrogen and oxygen atoms in total. The fraction of sp³-hybridized carbons (Fsp3) is 0.440. The molecule has 0 aliphatic heterocycles. The van der Waals surface area contributed by atoms with Crippen LogP contribution in [0, 0.1) is 0 Å².